The predicted octanol–water partition coefficient (Wildman–Crippen LogP) is -0.834. The number of carbonyl (C=O) groups excluding carboxylic acids is 1. The molecule has 0 saturated heterocycles. The normalized spacial score (nSPS) is 14.6. The van der Waals surface area contributed by atoms with E-state index in [1.165, 1.54) is 6.20 Å². The van der Waals surface area contributed by atoms with Gasteiger partial charge in [-0.3, -0.25) is 9.48 Å². The van der Waals surface area contributed by atoms with Crippen molar-refractivity contribution in [3.05, 3.63) is 17.5 Å². The van der Waals surface area contributed by atoms with Crippen LogP contribution in [0.4, 0.5) is 0 Å². The van der Waals surface area contributed by atoms with Gasteiger partial charge in [-0.1, -0.05) is 0 Å². The number of aromatic nitrogens is 2. The minimum atomic E-state index is -0.643. The van der Waals surface area contributed by atoms with Crippen molar-refractivity contribution in [2.45, 2.75) is 26.0 Å². The zero-order valence-electron chi connectivity index (χ0n) is 9.77. The lowest BCUT2D eigenvalue weighted by Crippen LogP contribution is -2.43. The molecule has 0 bridgehead atoms. The van der Waals surface area contributed by atoms with Crippen LogP contribution in [0.2, 0.25) is 0 Å². The molecule has 90 valence electrons. The molecular formula is C10H18N4O2. The van der Waals surface area contributed by atoms with Gasteiger partial charge in [0.2, 0.25) is 0 Å². The Morgan fingerprint density at radius 3 is 2.81 bits per heavy atom. The number of nitrogens with zero attached hydrogens (tertiary/aromatic N) is 2. The Morgan fingerprint density at radius 2 is 2.38 bits per heavy atom. The van der Waals surface area contributed by atoms with Gasteiger partial charge in [-0.05, 0) is 13.8 Å². The summed E-state index contributed by atoms with van der Waals surface area (Å²) in [7, 11) is 1.77. The van der Waals surface area contributed by atoms with Crippen LogP contribution in [0.1, 0.15) is 23.0 Å². The van der Waals surface area contributed by atoms with Gasteiger partial charge in [0, 0.05) is 25.3 Å². The van der Waals surface area contributed by atoms with E-state index in [1.807, 2.05) is 6.92 Å². The molecule has 1 aromatic rings. The number of aryl methyl sites for hydroxylation is 1. The number of nitrogens with one attached hydrogen (secondary N) is 1. The Labute approximate surface area is 94.4 Å². The number of hydrogen-bond donors (Lipinski definition) is 3. The highest BCUT2D eigenvalue weighted by Crippen LogP contribution is 2.04. The number of aliphatic hydroxyl groups is 1. The standard InChI is InChI=1S/C10H18N4O2/c1-6-8(4-13-14(6)3)10(16)12-5-9(11)7(2)15/h4,7,9,15H,5,11H2,1-3H3,(H,12,16). The molecule has 6 heteroatoms. The first-order chi connectivity index (χ1) is 7.43. The van der Waals surface area contributed by atoms with Crippen molar-refractivity contribution in [1.29, 1.82) is 0 Å². The van der Waals surface area contributed by atoms with Crippen LogP contribution in [-0.4, -0.2) is 39.5 Å². The van der Waals surface area contributed by atoms with Gasteiger partial charge in [-0.2, -0.15) is 5.10 Å². The average Bonchev–Trinajstić information content (AvgIpc) is 2.55. The van der Waals surface area contributed by atoms with Crippen LogP contribution in [0.15, 0.2) is 6.20 Å². The fourth-order valence-corrected chi connectivity index (χ4v) is 1.20. The molecule has 0 radical (unpaired) electrons. The number of aliphatic hydroxyl groups excluding tert-OH is 1. The van der Waals surface area contributed by atoms with Gasteiger partial charge in [0.05, 0.1) is 17.9 Å². The number of rotatable bonds is 4. The molecule has 0 aromatic carbocycles. The summed E-state index contributed by atoms with van der Waals surface area (Å²) in [5, 5.41) is 15.8. The second-order valence-electron chi connectivity index (χ2n) is 3.88. The van der Waals surface area contributed by atoms with Crippen LogP contribution >= 0.6 is 0 Å². The highest BCUT2D eigenvalue weighted by molar-refractivity contribution is 5.95. The maximum Gasteiger partial charge on any atom is 0.254 e. The summed E-state index contributed by atoms with van der Waals surface area (Å²) in [6, 6.07) is -0.457. The van der Waals surface area contributed by atoms with E-state index in [0.717, 1.165) is 5.69 Å². The maximum atomic E-state index is 11.7. The fourth-order valence-electron chi connectivity index (χ4n) is 1.20. The summed E-state index contributed by atoms with van der Waals surface area (Å²) >= 11 is 0. The topological polar surface area (TPSA) is 93.2 Å². The van der Waals surface area contributed by atoms with Crippen molar-refractivity contribution >= 4 is 5.91 Å². The van der Waals surface area contributed by atoms with Gasteiger partial charge < -0.3 is 16.2 Å². The van der Waals surface area contributed by atoms with Gasteiger partial charge in [0.15, 0.2) is 0 Å². The molecule has 1 heterocycles. The second-order valence-corrected chi connectivity index (χ2v) is 3.88. The highest BCUT2D eigenvalue weighted by atomic mass is 16.3. The molecule has 0 aliphatic heterocycles. The van der Waals surface area contributed by atoms with E-state index >= 15 is 0 Å². The Morgan fingerprint density at radius 1 is 1.75 bits per heavy atom. The molecule has 4 N–H and O–H groups in total. The SMILES string of the molecule is Cc1c(C(=O)NCC(N)C(C)O)cnn1C. The quantitative estimate of drug-likeness (QED) is 0.624. The molecule has 2 unspecified atom stereocenters. The van der Waals surface area contributed by atoms with E-state index in [-0.39, 0.29) is 12.5 Å². The van der Waals surface area contributed by atoms with E-state index in [0.29, 0.717) is 5.56 Å². The second kappa shape index (κ2) is 5.09. The van der Waals surface area contributed by atoms with E-state index in [1.54, 1.807) is 18.7 Å². The van der Waals surface area contributed by atoms with Crippen molar-refractivity contribution in [3.8, 4) is 0 Å². The Bertz CT molecular complexity index is 373. The first-order valence-electron chi connectivity index (χ1n) is 5.14. The molecule has 1 amide bonds. The number of amides is 1. The monoisotopic (exact) mass is 226 g/mol. The minimum Gasteiger partial charge on any atom is -0.392 e. The summed E-state index contributed by atoms with van der Waals surface area (Å²) in [6.45, 7) is 3.65. The van der Waals surface area contributed by atoms with Crippen molar-refractivity contribution < 1.29 is 9.90 Å². The van der Waals surface area contributed by atoms with Gasteiger partial charge in [-0.25, -0.2) is 0 Å². The lowest BCUT2D eigenvalue weighted by molar-refractivity contribution is 0.0937. The first kappa shape index (κ1) is 12.7. The zero-order chi connectivity index (χ0) is 12.3. The van der Waals surface area contributed by atoms with Crippen LogP contribution in [0.3, 0.4) is 0 Å². The molecule has 2 atom stereocenters. The molecule has 6 nitrogen and oxygen atoms in total. The van der Waals surface area contributed by atoms with Crippen LogP contribution in [0.25, 0.3) is 0 Å². The molecule has 0 aliphatic rings. The minimum absolute atomic E-state index is 0.221. The van der Waals surface area contributed by atoms with Gasteiger partial charge in [-0.15, -0.1) is 0 Å². The Hall–Kier alpha value is -1.40. The predicted molar refractivity (Wildman–Crippen MR) is 59.9 cm³/mol. The summed E-state index contributed by atoms with van der Waals surface area (Å²) < 4.78 is 1.63. The van der Waals surface area contributed by atoms with Crippen LogP contribution < -0.4 is 11.1 Å². The van der Waals surface area contributed by atoms with Gasteiger partial charge in [0.1, 0.15) is 0 Å². The number of hydrogen-bond acceptors (Lipinski definition) is 4. The third kappa shape index (κ3) is 2.80. The summed E-state index contributed by atoms with van der Waals surface area (Å²) in [6.07, 6.45) is 0.869. The molecule has 1 aromatic heterocycles. The molecule has 0 aliphatic carbocycles. The third-order valence-electron chi connectivity index (χ3n) is 2.60. The zero-order valence-corrected chi connectivity index (χ0v) is 9.77. The molecular weight excluding hydrogens is 208 g/mol. The Balaban J connectivity index is 2.57. The van der Waals surface area contributed by atoms with Gasteiger partial charge in [0.25, 0.3) is 5.91 Å². The lowest BCUT2D eigenvalue weighted by Gasteiger charge is -2.15. The smallest absolute Gasteiger partial charge is 0.254 e. The lowest BCUT2D eigenvalue weighted by atomic mass is 10.2. The molecule has 0 spiro atoms. The van der Waals surface area contributed by atoms with Crippen LogP contribution in [-0.2, 0) is 7.05 Å². The summed E-state index contributed by atoms with van der Waals surface area (Å²) in [4.78, 5) is 11.7. The van der Waals surface area contributed by atoms with E-state index < -0.39 is 12.1 Å². The summed E-state index contributed by atoms with van der Waals surface area (Å²) in [5.74, 6) is -0.221. The Kier molecular flexibility index (Phi) is 4.03. The number of nitrogens with two attached hydrogens (primary N) is 1. The maximum absolute atomic E-state index is 11.7. The van der Waals surface area contributed by atoms with Gasteiger partial charge >= 0.3 is 0 Å². The van der Waals surface area contributed by atoms with Crippen molar-refractivity contribution in [2.24, 2.45) is 12.8 Å². The first-order valence-corrected chi connectivity index (χ1v) is 5.14. The van der Waals surface area contributed by atoms with Crippen molar-refractivity contribution in [3.63, 3.8) is 0 Å². The van der Waals surface area contributed by atoms with E-state index in [2.05, 4.69) is 10.4 Å². The summed E-state index contributed by atoms with van der Waals surface area (Å²) in [5.41, 5.74) is 6.92. The third-order valence-corrected chi connectivity index (χ3v) is 2.60. The molecule has 0 fully saturated rings. The largest absolute Gasteiger partial charge is 0.392 e. The van der Waals surface area contributed by atoms with E-state index in [9.17, 15) is 9.90 Å². The van der Waals surface area contributed by atoms with E-state index in [4.69, 9.17) is 5.73 Å². The highest BCUT2D eigenvalue weighted by Gasteiger charge is 2.15. The van der Waals surface area contributed by atoms with Crippen molar-refractivity contribution in [2.75, 3.05) is 6.54 Å². The fraction of sp³-hybridized carbons (Fsp3) is 0.600. The van der Waals surface area contributed by atoms with Crippen molar-refractivity contribution in [1.82, 2.24) is 15.1 Å². The number of carbonyl (C=O) groups is 1. The van der Waals surface area contributed by atoms with Crippen LogP contribution in [0, 0.1) is 6.92 Å². The molecule has 0 saturated carbocycles. The molecule has 1 rings (SSSR count). The average molecular weight is 226 g/mol. The molecule has 16 heavy (non-hydrogen) atoms. The van der Waals surface area contributed by atoms with Crippen LogP contribution in [0.5, 0.6) is 0 Å².